The number of H-pyrrole nitrogens is 1. The highest BCUT2D eigenvalue weighted by Gasteiger charge is 2.20. The molecular weight excluding hydrogens is 322 g/mol. The highest BCUT2D eigenvalue weighted by molar-refractivity contribution is 9.10. The van der Waals surface area contributed by atoms with Crippen LogP contribution in [0.1, 0.15) is 5.56 Å². The number of rotatable bonds is 3. The van der Waals surface area contributed by atoms with E-state index < -0.39 is 10.0 Å². The Morgan fingerprint density at radius 3 is 2.72 bits per heavy atom. The number of nitrogen functional groups attached to an aromatic ring is 1. The predicted octanol–water partition coefficient (Wildman–Crippen LogP) is 1.26. The summed E-state index contributed by atoms with van der Waals surface area (Å²) in [6, 6.07) is 1.61. The summed E-state index contributed by atoms with van der Waals surface area (Å²) in [5, 5.41) is 5.93. The summed E-state index contributed by atoms with van der Waals surface area (Å²) >= 11 is 3.28. The Bertz CT molecular complexity index is 682. The summed E-state index contributed by atoms with van der Waals surface area (Å²) in [6.45, 7) is 1.83. The molecule has 0 amide bonds. The Balaban J connectivity index is 2.34. The normalized spacial score (nSPS) is 11.4. The van der Waals surface area contributed by atoms with Crippen molar-refractivity contribution in [1.82, 2.24) is 15.2 Å². The van der Waals surface area contributed by atoms with Crippen LogP contribution >= 0.6 is 15.9 Å². The van der Waals surface area contributed by atoms with Crippen molar-refractivity contribution in [1.29, 1.82) is 0 Å². The standard InChI is InChI=1S/C9H10BrN5O2S/c1-5-2-8(12-3-6(5)10)15-18(16,17)7-4-13-14-9(7)11/h2-4H,1H3,(H,12,15)(H3,11,13,14). The van der Waals surface area contributed by atoms with Crippen LogP contribution in [0.5, 0.6) is 0 Å². The maximum Gasteiger partial charge on any atom is 0.268 e. The first-order valence-corrected chi connectivity index (χ1v) is 7.11. The molecule has 2 aromatic rings. The van der Waals surface area contributed by atoms with Crippen LogP contribution < -0.4 is 10.5 Å². The van der Waals surface area contributed by atoms with Crippen molar-refractivity contribution in [3.8, 4) is 0 Å². The first-order chi connectivity index (χ1) is 8.40. The van der Waals surface area contributed by atoms with Gasteiger partial charge in [0, 0.05) is 10.7 Å². The molecule has 9 heteroatoms. The van der Waals surface area contributed by atoms with Crippen LogP contribution in [0.15, 0.2) is 27.8 Å². The summed E-state index contributed by atoms with van der Waals surface area (Å²) in [4.78, 5) is 3.85. The quantitative estimate of drug-likeness (QED) is 0.783. The molecule has 4 N–H and O–H groups in total. The first-order valence-electron chi connectivity index (χ1n) is 4.84. The largest absolute Gasteiger partial charge is 0.383 e. The second-order valence-corrected chi connectivity index (χ2v) is 6.08. The number of anilines is 2. The summed E-state index contributed by atoms with van der Waals surface area (Å²) in [7, 11) is -3.78. The van der Waals surface area contributed by atoms with Gasteiger partial charge in [-0.25, -0.2) is 13.4 Å². The monoisotopic (exact) mass is 331 g/mol. The van der Waals surface area contributed by atoms with Gasteiger partial charge in [-0.05, 0) is 34.5 Å². The molecule has 0 aliphatic rings. The number of sulfonamides is 1. The SMILES string of the molecule is Cc1cc(NS(=O)(=O)c2cn[nH]c2N)ncc1Br. The Morgan fingerprint density at radius 2 is 2.17 bits per heavy atom. The third kappa shape index (κ3) is 2.46. The topological polar surface area (TPSA) is 114 Å². The molecule has 0 atom stereocenters. The van der Waals surface area contributed by atoms with Crippen molar-refractivity contribution in [2.75, 3.05) is 10.5 Å². The minimum atomic E-state index is -3.78. The van der Waals surface area contributed by atoms with E-state index in [1.54, 1.807) is 6.07 Å². The number of hydrogen-bond acceptors (Lipinski definition) is 5. The average molecular weight is 332 g/mol. The van der Waals surface area contributed by atoms with Gasteiger partial charge in [-0.2, -0.15) is 5.10 Å². The van der Waals surface area contributed by atoms with E-state index >= 15 is 0 Å². The molecule has 2 aromatic heterocycles. The van der Waals surface area contributed by atoms with Crippen LogP contribution in [0, 0.1) is 6.92 Å². The maximum absolute atomic E-state index is 12.0. The van der Waals surface area contributed by atoms with Gasteiger partial charge in [-0.1, -0.05) is 0 Å². The molecule has 0 bridgehead atoms. The Hall–Kier alpha value is -1.61. The van der Waals surface area contributed by atoms with E-state index in [-0.39, 0.29) is 16.5 Å². The number of aryl methyl sites for hydroxylation is 1. The van der Waals surface area contributed by atoms with Crippen molar-refractivity contribution in [3.63, 3.8) is 0 Å². The van der Waals surface area contributed by atoms with Gasteiger partial charge in [-0.15, -0.1) is 0 Å². The molecule has 0 fully saturated rings. The number of nitrogens with zero attached hydrogens (tertiary/aromatic N) is 2. The Kier molecular flexibility index (Phi) is 3.26. The zero-order valence-electron chi connectivity index (χ0n) is 9.31. The average Bonchev–Trinajstić information content (AvgIpc) is 2.70. The number of nitrogens with one attached hydrogen (secondary N) is 2. The van der Waals surface area contributed by atoms with Crippen molar-refractivity contribution < 1.29 is 8.42 Å². The van der Waals surface area contributed by atoms with E-state index in [0.717, 1.165) is 16.2 Å². The van der Waals surface area contributed by atoms with E-state index in [9.17, 15) is 8.42 Å². The summed E-state index contributed by atoms with van der Waals surface area (Å²) in [6.07, 6.45) is 2.66. The Morgan fingerprint density at radius 1 is 1.44 bits per heavy atom. The minimum Gasteiger partial charge on any atom is -0.383 e. The van der Waals surface area contributed by atoms with Gasteiger partial charge in [-0.3, -0.25) is 9.82 Å². The fraction of sp³-hybridized carbons (Fsp3) is 0.111. The van der Waals surface area contributed by atoms with Crippen LogP contribution in [-0.4, -0.2) is 23.6 Å². The lowest BCUT2D eigenvalue weighted by molar-refractivity contribution is 0.601. The third-order valence-electron chi connectivity index (χ3n) is 2.21. The highest BCUT2D eigenvalue weighted by Crippen LogP contribution is 2.21. The second kappa shape index (κ2) is 4.58. The number of aromatic nitrogens is 3. The van der Waals surface area contributed by atoms with Gasteiger partial charge in [0.25, 0.3) is 10.0 Å². The van der Waals surface area contributed by atoms with Gasteiger partial charge in [0.05, 0.1) is 6.20 Å². The number of hydrogen-bond donors (Lipinski definition) is 3. The molecule has 0 unspecified atom stereocenters. The number of aromatic amines is 1. The van der Waals surface area contributed by atoms with Crippen LogP contribution in [-0.2, 0) is 10.0 Å². The lowest BCUT2D eigenvalue weighted by Gasteiger charge is -2.07. The van der Waals surface area contributed by atoms with E-state index in [1.807, 2.05) is 6.92 Å². The van der Waals surface area contributed by atoms with E-state index in [1.165, 1.54) is 6.20 Å². The molecule has 0 aliphatic carbocycles. The first kappa shape index (κ1) is 12.8. The fourth-order valence-corrected chi connectivity index (χ4v) is 2.53. The van der Waals surface area contributed by atoms with E-state index in [2.05, 4.69) is 35.8 Å². The smallest absolute Gasteiger partial charge is 0.268 e. The predicted molar refractivity (Wildman–Crippen MR) is 70.5 cm³/mol. The Labute approximate surface area is 112 Å². The maximum atomic E-state index is 12.0. The highest BCUT2D eigenvalue weighted by atomic mass is 79.9. The lowest BCUT2D eigenvalue weighted by atomic mass is 10.3. The molecule has 0 saturated heterocycles. The molecule has 96 valence electrons. The van der Waals surface area contributed by atoms with Crippen LogP contribution in [0.4, 0.5) is 11.6 Å². The summed E-state index contributed by atoms with van der Waals surface area (Å²) in [5.74, 6) is 0.202. The summed E-state index contributed by atoms with van der Waals surface area (Å²) < 4.78 is 27.1. The van der Waals surface area contributed by atoms with Crippen molar-refractivity contribution >= 4 is 37.6 Å². The molecule has 7 nitrogen and oxygen atoms in total. The number of halogens is 1. The zero-order chi connectivity index (χ0) is 13.3. The molecule has 0 radical (unpaired) electrons. The number of nitrogens with two attached hydrogens (primary N) is 1. The molecule has 2 heterocycles. The third-order valence-corrected chi connectivity index (χ3v) is 4.42. The lowest BCUT2D eigenvalue weighted by Crippen LogP contribution is -2.14. The molecular formula is C9H10BrN5O2S. The molecule has 2 rings (SSSR count). The molecule has 0 aliphatic heterocycles. The van der Waals surface area contributed by atoms with Gasteiger partial charge in [0.1, 0.15) is 16.5 Å². The molecule has 0 aromatic carbocycles. The van der Waals surface area contributed by atoms with E-state index in [4.69, 9.17) is 5.73 Å². The van der Waals surface area contributed by atoms with Crippen LogP contribution in [0.3, 0.4) is 0 Å². The zero-order valence-corrected chi connectivity index (χ0v) is 11.7. The second-order valence-electron chi connectivity index (χ2n) is 3.57. The molecule has 18 heavy (non-hydrogen) atoms. The van der Waals surface area contributed by atoms with Crippen molar-refractivity contribution in [3.05, 3.63) is 28.5 Å². The van der Waals surface area contributed by atoms with Gasteiger partial charge in [0.15, 0.2) is 0 Å². The molecule has 0 saturated carbocycles. The van der Waals surface area contributed by atoms with Crippen LogP contribution in [0.2, 0.25) is 0 Å². The van der Waals surface area contributed by atoms with Gasteiger partial charge >= 0.3 is 0 Å². The van der Waals surface area contributed by atoms with Crippen LogP contribution in [0.25, 0.3) is 0 Å². The van der Waals surface area contributed by atoms with Gasteiger partial charge in [0.2, 0.25) is 0 Å². The minimum absolute atomic E-state index is 0.0173. The van der Waals surface area contributed by atoms with Gasteiger partial charge < -0.3 is 5.73 Å². The molecule has 0 spiro atoms. The number of pyridine rings is 1. The van der Waals surface area contributed by atoms with Crippen molar-refractivity contribution in [2.45, 2.75) is 11.8 Å². The van der Waals surface area contributed by atoms with E-state index in [0.29, 0.717) is 0 Å². The summed E-state index contributed by atoms with van der Waals surface area (Å²) in [5.41, 5.74) is 6.33. The van der Waals surface area contributed by atoms with Crippen molar-refractivity contribution in [2.24, 2.45) is 0 Å². The fourth-order valence-electron chi connectivity index (χ4n) is 1.29.